The molecule has 2 rings (SSSR count). The molecule has 0 aliphatic rings. The van der Waals surface area contributed by atoms with E-state index in [1.807, 2.05) is 6.92 Å². The molecule has 0 aliphatic carbocycles. The summed E-state index contributed by atoms with van der Waals surface area (Å²) < 4.78 is 18.5. The van der Waals surface area contributed by atoms with Crippen LogP contribution in [0, 0.1) is 12.7 Å². The van der Waals surface area contributed by atoms with Crippen molar-refractivity contribution in [3.8, 4) is 5.75 Å². The van der Waals surface area contributed by atoms with Gasteiger partial charge in [-0.2, -0.15) is 0 Å². The summed E-state index contributed by atoms with van der Waals surface area (Å²) in [5, 5.41) is 0. The van der Waals surface area contributed by atoms with E-state index in [4.69, 9.17) is 4.74 Å². The van der Waals surface area contributed by atoms with Gasteiger partial charge in [0.25, 0.3) is 0 Å². The molecule has 0 amide bonds. The SMILES string of the molecule is Cc1cc(OCc2cccc(F)c2)ccc1C=O. The minimum Gasteiger partial charge on any atom is -0.489 e. The predicted molar refractivity (Wildman–Crippen MR) is 67.3 cm³/mol. The Bertz CT molecular complexity index is 564. The van der Waals surface area contributed by atoms with Gasteiger partial charge in [-0.3, -0.25) is 4.79 Å². The van der Waals surface area contributed by atoms with Crippen LogP contribution in [0.4, 0.5) is 4.39 Å². The standard InChI is InChI=1S/C15H13FO2/c1-11-7-15(6-5-13(11)9-17)18-10-12-3-2-4-14(16)8-12/h2-9H,10H2,1H3. The highest BCUT2D eigenvalue weighted by Crippen LogP contribution is 2.17. The van der Waals surface area contributed by atoms with Gasteiger partial charge in [-0.15, -0.1) is 0 Å². The van der Waals surface area contributed by atoms with E-state index < -0.39 is 0 Å². The fraction of sp³-hybridized carbons (Fsp3) is 0.133. The van der Waals surface area contributed by atoms with Gasteiger partial charge in [0.1, 0.15) is 24.5 Å². The number of ether oxygens (including phenoxy) is 1. The van der Waals surface area contributed by atoms with Crippen molar-refractivity contribution in [2.75, 3.05) is 0 Å². The summed E-state index contributed by atoms with van der Waals surface area (Å²) in [6.07, 6.45) is 0.811. The fourth-order valence-corrected chi connectivity index (χ4v) is 1.66. The van der Waals surface area contributed by atoms with E-state index in [1.165, 1.54) is 12.1 Å². The van der Waals surface area contributed by atoms with Gasteiger partial charge in [-0.1, -0.05) is 12.1 Å². The molecule has 0 atom stereocenters. The van der Waals surface area contributed by atoms with Crippen molar-refractivity contribution >= 4 is 6.29 Å². The maximum atomic E-state index is 13.0. The second-order valence-corrected chi connectivity index (χ2v) is 4.05. The molecule has 92 valence electrons. The monoisotopic (exact) mass is 244 g/mol. The average molecular weight is 244 g/mol. The van der Waals surface area contributed by atoms with Crippen molar-refractivity contribution in [2.24, 2.45) is 0 Å². The Hall–Kier alpha value is -2.16. The molecule has 0 fully saturated rings. The summed E-state index contributed by atoms with van der Waals surface area (Å²) in [6.45, 7) is 2.15. The van der Waals surface area contributed by atoms with Crippen LogP contribution in [0.1, 0.15) is 21.5 Å². The van der Waals surface area contributed by atoms with E-state index in [0.29, 0.717) is 17.9 Å². The highest BCUT2D eigenvalue weighted by molar-refractivity contribution is 5.77. The van der Waals surface area contributed by atoms with E-state index in [0.717, 1.165) is 17.4 Å². The van der Waals surface area contributed by atoms with Crippen molar-refractivity contribution in [3.05, 3.63) is 65.0 Å². The molecule has 0 N–H and O–H groups in total. The third-order valence-corrected chi connectivity index (χ3v) is 2.66. The predicted octanol–water partition coefficient (Wildman–Crippen LogP) is 3.53. The molecule has 0 saturated heterocycles. The van der Waals surface area contributed by atoms with Crippen LogP contribution in [0.3, 0.4) is 0 Å². The first-order valence-corrected chi connectivity index (χ1v) is 5.62. The van der Waals surface area contributed by atoms with Crippen LogP contribution in [0.25, 0.3) is 0 Å². The quantitative estimate of drug-likeness (QED) is 0.769. The van der Waals surface area contributed by atoms with Gasteiger partial charge < -0.3 is 4.74 Å². The zero-order valence-electron chi connectivity index (χ0n) is 10.0. The Labute approximate surface area is 105 Å². The molecular formula is C15H13FO2. The Balaban J connectivity index is 2.06. The van der Waals surface area contributed by atoms with Crippen LogP contribution in [0.2, 0.25) is 0 Å². The number of hydrogen-bond acceptors (Lipinski definition) is 2. The average Bonchev–Trinajstić information content (AvgIpc) is 2.37. The van der Waals surface area contributed by atoms with Gasteiger partial charge in [0.15, 0.2) is 0 Å². The zero-order chi connectivity index (χ0) is 13.0. The maximum absolute atomic E-state index is 13.0. The number of hydrogen-bond donors (Lipinski definition) is 0. The molecule has 2 nitrogen and oxygen atoms in total. The molecule has 0 bridgehead atoms. The minimum absolute atomic E-state index is 0.274. The van der Waals surface area contributed by atoms with E-state index >= 15 is 0 Å². The largest absolute Gasteiger partial charge is 0.489 e. The van der Waals surface area contributed by atoms with E-state index in [-0.39, 0.29) is 5.82 Å². The second-order valence-electron chi connectivity index (χ2n) is 4.05. The first-order chi connectivity index (χ1) is 8.69. The Morgan fingerprint density at radius 3 is 2.72 bits per heavy atom. The van der Waals surface area contributed by atoms with Gasteiger partial charge in [0.05, 0.1) is 0 Å². The van der Waals surface area contributed by atoms with Gasteiger partial charge in [-0.05, 0) is 48.4 Å². The lowest BCUT2D eigenvalue weighted by molar-refractivity contribution is 0.112. The van der Waals surface area contributed by atoms with Crippen molar-refractivity contribution in [1.29, 1.82) is 0 Å². The highest BCUT2D eigenvalue weighted by atomic mass is 19.1. The van der Waals surface area contributed by atoms with E-state index in [2.05, 4.69) is 0 Å². The summed E-state index contributed by atoms with van der Waals surface area (Å²) >= 11 is 0. The molecule has 2 aromatic rings. The topological polar surface area (TPSA) is 26.3 Å². The number of halogens is 1. The molecule has 0 aliphatic heterocycles. The first kappa shape index (κ1) is 12.3. The molecule has 0 radical (unpaired) electrons. The Morgan fingerprint density at radius 1 is 1.22 bits per heavy atom. The lowest BCUT2D eigenvalue weighted by atomic mass is 10.1. The summed E-state index contributed by atoms with van der Waals surface area (Å²) in [7, 11) is 0. The summed E-state index contributed by atoms with van der Waals surface area (Å²) in [5.41, 5.74) is 2.28. The van der Waals surface area contributed by atoms with Crippen LogP contribution >= 0.6 is 0 Å². The van der Waals surface area contributed by atoms with Gasteiger partial charge in [0.2, 0.25) is 0 Å². The molecule has 0 spiro atoms. The lowest BCUT2D eigenvalue weighted by Gasteiger charge is -2.08. The molecule has 0 heterocycles. The first-order valence-electron chi connectivity index (χ1n) is 5.62. The van der Waals surface area contributed by atoms with Crippen LogP contribution in [-0.2, 0) is 6.61 Å². The smallest absolute Gasteiger partial charge is 0.150 e. The molecule has 18 heavy (non-hydrogen) atoms. The van der Waals surface area contributed by atoms with E-state index in [1.54, 1.807) is 30.3 Å². The van der Waals surface area contributed by atoms with Crippen molar-refractivity contribution in [2.45, 2.75) is 13.5 Å². The third-order valence-electron chi connectivity index (χ3n) is 2.66. The fourth-order valence-electron chi connectivity index (χ4n) is 1.66. The van der Waals surface area contributed by atoms with Gasteiger partial charge in [0, 0.05) is 5.56 Å². The van der Waals surface area contributed by atoms with Crippen molar-refractivity contribution in [1.82, 2.24) is 0 Å². The number of benzene rings is 2. The number of aldehydes is 1. The Kier molecular flexibility index (Phi) is 3.72. The second kappa shape index (κ2) is 5.45. The van der Waals surface area contributed by atoms with Crippen LogP contribution in [0.15, 0.2) is 42.5 Å². The molecule has 2 aromatic carbocycles. The summed E-state index contributed by atoms with van der Waals surface area (Å²) in [5.74, 6) is 0.394. The van der Waals surface area contributed by atoms with Gasteiger partial charge >= 0.3 is 0 Å². The summed E-state index contributed by atoms with van der Waals surface area (Å²) in [4.78, 5) is 10.7. The molecule has 3 heteroatoms. The lowest BCUT2D eigenvalue weighted by Crippen LogP contribution is -1.97. The highest BCUT2D eigenvalue weighted by Gasteiger charge is 2.01. The minimum atomic E-state index is -0.274. The molecule has 0 aromatic heterocycles. The summed E-state index contributed by atoms with van der Waals surface area (Å²) in [6, 6.07) is 11.5. The maximum Gasteiger partial charge on any atom is 0.150 e. The third kappa shape index (κ3) is 2.94. The Morgan fingerprint density at radius 2 is 2.06 bits per heavy atom. The molecule has 0 saturated carbocycles. The molecular weight excluding hydrogens is 231 g/mol. The number of aryl methyl sites for hydroxylation is 1. The zero-order valence-corrected chi connectivity index (χ0v) is 10.0. The number of carbonyl (C=O) groups excluding carboxylic acids is 1. The van der Waals surface area contributed by atoms with Crippen LogP contribution in [0.5, 0.6) is 5.75 Å². The molecule has 0 unspecified atom stereocenters. The van der Waals surface area contributed by atoms with Crippen LogP contribution < -0.4 is 4.74 Å². The number of rotatable bonds is 4. The van der Waals surface area contributed by atoms with Crippen molar-refractivity contribution in [3.63, 3.8) is 0 Å². The van der Waals surface area contributed by atoms with Crippen molar-refractivity contribution < 1.29 is 13.9 Å². The number of carbonyl (C=O) groups is 1. The van der Waals surface area contributed by atoms with Gasteiger partial charge in [-0.25, -0.2) is 4.39 Å². The normalized spacial score (nSPS) is 10.1. The van der Waals surface area contributed by atoms with E-state index in [9.17, 15) is 9.18 Å². The van der Waals surface area contributed by atoms with Crippen LogP contribution in [-0.4, -0.2) is 6.29 Å².